The Hall–Kier alpha value is -2.24. The Morgan fingerprint density at radius 1 is 1.38 bits per heavy atom. The summed E-state index contributed by atoms with van der Waals surface area (Å²) in [7, 11) is 1.89. The Bertz CT molecular complexity index is 827. The predicted molar refractivity (Wildman–Crippen MR) is 81.8 cm³/mol. The van der Waals surface area contributed by atoms with Gasteiger partial charge in [-0.15, -0.1) is 10.2 Å². The summed E-state index contributed by atoms with van der Waals surface area (Å²) < 4.78 is 2.14. The molecule has 2 atom stereocenters. The van der Waals surface area contributed by atoms with E-state index in [-0.39, 0.29) is 0 Å². The van der Waals surface area contributed by atoms with Gasteiger partial charge >= 0.3 is 0 Å². The lowest BCUT2D eigenvalue weighted by Crippen LogP contribution is -2.09. The molecule has 0 aliphatic heterocycles. The molecule has 0 bridgehead atoms. The molecule has 6 heteroatoms. The van der Waals surface area contributed by atoms with Gasteiger partial charge in [0.25, 0.3) is 0 Å². The summed E-state index contributed by atoms with van der Waals surface area (Å²) in [5.41, 5.74) is 4.03. The molecule has 0 saturated heterocycles. The third-order valence-electron chi connectivity index (χ3n) is 4.66. The normalized spacial score (nSPS) is 24.6. The molecule has 3 aromatic heterocycles. The van der Waals surface area contributed by atoms with Gasteiger partial charge in [-0.3, -0.25) is 9.39 Å². The molecule has 1 aliphatic carbocycles. The Morgan fingerprint density at radius 3 is 3.10 bits per heavy atom. The molecule has 0 radical (unpaired) electrons. The van der Waals surface area contributed by atoms with Crippen LogP contribution in [-0.4, -0.2) is 37.3 Å². The molecule has 6 nitrogen and oxygen atoms in total. The van der Waals surface area contributed by atoms with Crippen molar-refractivity contribution in [1.82, 2.24) is 24.6 Å². The van der Waals surface area contributed by atoms with Crippen LogP contribution < -0.4 is 0 Å². The Balaban J connectivity index is 1.92. The van der Waals surface area contributed by atoms with E-state index in [1.807, 2.05) is 19.3 Å². The molecule has 3 aromatic rings. The smallest absolute Gasteiger partial charge is 0.179 e. The highest BCUT2D eigenvalue weighted by molar-refractivity contribution is 5.87. The van der Waals surface area contributed by atoms with Crippen molar-refractivity contribution in [3.63, 3.8) is 0 Å². The number of rotatable bonds is 2. The van der Waals surface area contributed by atoms with Gasteiger partial charge in [-0.1, -0.05) is 13.3 Å². The average Bonchev–Trinajstić information content (AvgIpc) is 3.22. The molecule has 0 spiro atoms. The van der Waals surface area contributed by atoms with Gasteiger partial charge in [0.2, 0.25) is 0 Å². The lowest BCUT2D eigenvalue weighted by atomic mass is 9.93. The summed E-state index contributed by atoms with van der Waals surface area (Å²) in [4.78, 5) is 11.9. The van der Waals surface area contributed by atoms with Gasteiger partial charge in [-0.2, -0.15) is 0 Å². The second kappa shape index (κ2) is 4.65. The molecule has 3 heterocycles. The average molecular weight is 282 g/mol. The van der Waals surface area contributed by atoms with Crippen LogP contribution in [0.15, 0.2) is 23.5 Å². The van der Waals surface area contributed by atoms with Crippen LogP contribution in [0.4, 0.5) is 0 Å². The maximum Gasteiger partial charge on any atom is 0.179 e. The molecule has 4 rings (SSSR count). The Morgan fingerprint density at radius 2 is 2.29 bits per heavy atom. The van der Waals surface area contributed by atoms with E-state index in [1.165, 1.54) is 5.71 Å². The fourth-order valence-corrected chi connectivity index (χ4v) is 3.50. The van der Waals surface area contributed by atoms with Gasteiger partial charge in [0.1, 0.15) is 5.82 Å². The van der Waals surface area contributed by atoms with Crippen molar-refractivity contribution in [3.05, 3.63) is 24.3 Å². The number of aromatic nitrogens is 5. The van der Waals surface area contributed by atoms with Crippen LogP contribution in [0.25, 0.3) is 16.8 Å². The number of H-pyrrole nitrogens is 1. The molecule has 108 valence electrons. The van der Waals surface area contributed by atoms with E-state index in [0.717, 1.165) is 41.9 Å². The van der Waals surface area contributed by atoms with Crippen molar-refractivity contribution in [2.24, 2.45) is 10.9 Å². The molecular formula is C15H18N6. The monoisotopic (exact) mass is 282 g/mol. The standard InChI is InChI=1S/C15H18N6/c1-3-9-6-10(16-2)7-11(9)15-20-19-13-8-18-14-12(21(13)15)4-5-17-14/h4-5,8-9,11,17H,3,6-7H2,1-2H3/t9-,11+/m1/s1. The minimum atomic E-state index is 0.393. The van der Waals surface area contributed by atoms with Crippen LogP contribution in [0.1, 0.15) is 37.9 Å². The van der Waals surface area contributed by atoms with Crippen molar-refractivity contribution in [2.75, 3.05) is 7.05 Å². The largest absolute Gasteiger partial charge is 0.345 e. The summed E-state index contributed by atoms with van der Waals surface area (Å²) in [6.07, 6.45) is 6.89. The van der Waals surface area contributed by atoms with Gasteiger partial charge in [0.15, 0.2) is 11.3 Å². The fraction of sp³-hybridized carbons (Fsp3) is 0.467. The highest BCUT2D eigenvalue weighted by atomic mass is 15.3. The second-order valence-corrected chi connectivity index (χ2v) is 5.69. The number of hydrogen-bond donors (Lipinski definition) is 1. The topological polar surface area (TPSA) is 71.2 Å². The van der Waals surface area contributed by atoms with Crippen molar-refractivity contribution < 1.29 is 0 Å². The van der Waals surface area contributed by atoms with E-state index in [0.29, 0.717) is 11.8 Å². The first-order chi connectivity index (χ1) is 10.3. The van der Waals surface area contributed by atoms with E-state index in [4.69, 9.17) is 0 Å². The Labute approximate surface area is 122 Å². The summed E-state index contributed by atoms with van der Waals surface area (Å²) in [6, 6.07) is 2.03. The summed E-state index contributed by atoms with van der Waals surface area (Å²) in [5.74, 6) is 2.03. The van der Waals surface area contributed by atoms with E-state index < -0.39 is 0 Å². The quantitative estimate of drug-likeness (QED) is 0.785. The number of fused-ring (bicyclic) bond motifs is 3. The van der Waals surface area contributed by atoms with Crippen LogP contribution in [0, 0.1) is 5.92 Å². The molecule has 1 aliphatic rings. The number of aliphatic imine (C=N–C) groups is 1. The van der Waals surface area contributed by atoms with E-state index in [2.05, 4.69) is 36.5 Å². The third-order valence-corrected chi connectivity index (χ3v) is 4.66. The molecule has 0 amide bonds. The van der Waals surface area contributed by atoms with Crippen molar-refractivity contribution in [3.8, 4) is 0 Å². The van der Waals surface area contributed by atoms with Crippen molar-refractivity contribution >= 4 is 22.5 Å². The first-order valence-corrected chi connectivity index (χ1v) is 7.43. The van der Waals surface area contributed by atoms with E-state index >= 15 is 0 Å². The lowest BCUT2D eigenvalue weighted by Gasteiger charge is -2.15. The SMILES string of the molecule is CC[C@@H]1CC(=NC)C[C@@H]1c1nnc2cnc3[nH]ccc3n12. The van der Waals surface area contributed by atoms with Crippen LogP contribution in [0.2, 0.25) is 0 Å². The van der Waals surface area contributed by atoms with Crippen LogP contribution >= 0.6 is 0 Å². The maximum atomic E-state index is 4.48. The summed E-state index contributed by atoms with van der Waals surface area (Å²) in [6.45, 7) is 2.24. The molecule has 1 saturated carbocycles. The van der Waals surface area contributed by atoms with Gasteiger partial charge in [0.05, 0.1) is 11.7 Å². The third kappa shape index (κ3) is 1.78. The summed E-state index contributed by atoms with van der Waals surface area (Å²) >= 11 is 0. The molecule has 1 N–H and O–H groups in total. The van der Waals surface area contributed by atoms with Crippen LogP contribution in [0.5, 0.6) is 0 Å². The van der Waals surface area contributed by atoms with Crippen LogP contribution in [0.3, 0.4) is 0 Å². The maximum absolute atomic E-state index is 4.48. The zero-order valence-corrected chi connectivity index (χ0v) is 12.2. The molecule has 0 aromatic carbocycles. The molecular weight excluding hydrogens is 264 g/mol. The minimum absolute atomic E-state index is 0.393. The fourth-order valence-electron chi connectivity index (χ4n) is 3.50. The summed E-state index contributed by atoms with van der Waals surface area (Å²) in [5, 5.41) is 8.79. The number of nitrogens with one attached hydrogen (secondary N) is 1. The first kappa shape index (κ1) is 12.5. The van der Waals surface area contributed by atoms with Gasteiger partial charge in [-0.05, 0) is 24.8 Å². The van der Waals surface area contributed by atoms with Gasteiger partial charge in [0, 0.05) is 24.9 Å². The van der Waals surface area contributed by atoms with Gasteiger partial charge in [-0.25, -0.2) is 4.98 Å². The minimum Gasteiger partial charge on any atom is -0.345 e. The Kier molecular flexibility index (Phi) is 2.77. The lowest BCUT2D eigenvalue weighted by molar-refractivity contribution is 0.453. The van der Waals surface area contributed by atoms with Crippen molar-refractivity contribution in [2.45, 2.75) is 32.1 Å². The number of nitrogens with zero attached hydrogens (tertiary/aromatic N) is 5. The van der Waals surface area contributed by atoms with E-state index in [1.54, 1.807) is 6.20 Å². The zero-order valence-electron chi connectivity index (χ0n) is 12.2. The highest BCUT2D eigenvalue weighted by Crippen LogP contribution is 2.39. The number of aromatic amines is 1. The van der Waals surface area contributed by atoms with Crippen molar-refractivity contribution in [1.29, 1.82) is 0 Å². The zero-order chi connectivity index (χ0) is 14.4. The van der Waals surface area contributed by atoms with Gasteiger partial charge < -0.3 is 4.98 Å². The molecule has 21 heavy (non-hydrogen) atoms. The number of hydrogen-bond acceptors (Lipinski definition) is 4. The molecule has 1 fully saturated rings. The van der Waals surface area contributed by atoms with E-state index in [9.17, 15) is 0 Å². The molecule has 0 unspecified atom stereocenters. The first-order valence-electron chi connectivity index (χ1n) is 7.43. The second-order valence-electron chi connectivity index (χ2n) is 5.69. The van der Waals surface area contributed by atoms with Crippen LogP contribution in [-0.2, 0) is 0 Å². The highest BCUT2D eigenvalue weighted by Gasteiger charge is 2.34. The predicted octanol–water partition coefficient (Wildman–Crippen LogP) is 2.58.